The summed E-state index contributed by atoms with van der Waals surface area (Å²) in [4.78, 5) is 26.1. The molecule has 0 unspecified atom stereocenters. The van der Waals surface area contributed by atoms with Crippen molar-refractivity contribution in [2.24, 2.45) is 0 Å². The Labute approximate surface area is 180 Å². The van der Waals surface area contributed by atoms with Gasteiger partial charge in [0.05, 0.1) is 25.5 Å². The van der Waals surface area contributed by atoms with E-state index in [0.29, 0.717) is 41.2 Å². The summed E-state index contributed by atoms with van der Waals surface area (Å²) in [6.45, 7) is 0.382. The van der Waals surface area contributed by atoms with Crippen molar-refractivity contribution < 1.29 is 23.5 Å². The van der Waals surface area contributed by atoms with Crippen molar-refractivity contribution in [1.82, 2.24) is 14.7 Å². The van der Waals surface area contributed by atoms with E-state index < -0.39 is 0 Å². The molecular formula is C23H24FN3O4. The number of halogens is 1. The number of nitrogens with zero attached hydrogens (tertiary/aromatic N) is 3. The van der Waals surface area contributed by atoms with Crippen LogP contribution in [-0.4, -0.2) is 54.4 Å². The van der Waals surface area contributed by atoms with Crippen LogP contribution in [0.3, 0.4) is 0 Å². The highest BCUT2D eigenvalue weighted by Crippen LogP contribution is 2.28. The Kier molecular flexibility index (Phi) is 7.02. The fraction of sp³-hybridized carbons (Fsp3) is 0.261. The molecule has 1 heterocycles. The normalized spacial score (nSPS) is 10.6. The van der Waals surface area contributed by atoms with Gasteiger partial charge >= 0.3 is 5.97 Å². The second-order valence-electron chi connectivity index (χ2n) is 6.95. The third kappa shape index (κ3) is 5.28. The van der Waals surface area contributed by atoms with Gasteiger partial charge in [-0.15, -0.1) is 0 Å². The molecule has 162 valence electrons. The van der Waals surface area contributed by atoms with E-state index >= 15 is 0 Å². The lowest BCUT2D eigenvalue weighted by Crippen LogP contribution is -2.28. The number of benzene rings is 2. The SMILES string of the molecule is COC(=O)CCCN(C)C(=O)c1cn(-c2ccc(F)cc2)nc1-c1cccc(OC)c1. The average molecular weight is 425 g/mol. The number of hydrogen-bond acceptors (Lipinski definition) is 5. The molecule has 0 atom stereocenters. The minimum Gasteiger partial charge on any atom is -0.497 e. The van der Waals surface area contributed by atoms with E-state index in [1.807, 2.05) is 12.1 Å². The average Bonchev–Trinajstić information content (AvgIpc) is 3.24. The van der Waals surface area contributed by atoms with E-state index in [0.717, 1.165) is 0 Å². The third-order valence-corrected chi connectivity index (χ3v) is 4.83. The quantitative estimate of drug-likeness (QED) is 0.515. The third-order valence-electron chi connectivity index (χ3n) is 4.83. The van der Waals surface area contributed by atoms with Crippen LogP contribution < -0.4 is 4.74 Å². The fourth-order valence-electron chi connectivity index (χ4n) is 3.11. The Morgan fingerprint density at radius 2 is 1.87 bits per heavy atom. The minimum atomic E-state index is -0.356. The van der Waals surface area contributed by atoms with Gasteiger partial charge in [0.2, 0.25) is 0 Å². The molecule has 0 fully saturated rings. The van der Waals surface area contributed by atoms with E-state index in [1.54, 1.807) is 54.2 Å². The lowest BCUT2D eigenvalue weighted by Gasteiger charge is -2.16. The predicted molar refractivity (Wildman–Crippen MR) is 114 cm³/mol. The number of amides is 1. The first-order chi connectivity index (χ1) is 14.9. The highest BCUT2D eigenvalue weighted by atomic mass is 19.1. The first kappa shape index (κ1) is 22.0. The highest BCUT2D eigenvalue weighted by molar-refractivity contribution is 6.00. The maximum atomic E-state index is 13.3. The fourth-order valence-corrected chi connectivity index (χ4v) is 3.11. The summed E-state index contributed by atoms with van der Waals surface area (Å²) >= 11 is 0. The summed E-state index contributed by atoms with van der Waals surface area (Å²) in [5.74, 6) is -0.276. The molecule has 0 saturated carbocycles. The van der Waals surface area contributed by atoms with Gasteiger partial charge in [0.15, 0.2) is 0 Å². The largest absolute Gasteiger partial charge is 0.497 e. The molecule has 1 aromatic heterocycles. The second-order valence-corrected chi connectivity index (χ2v) is 6.95. The van der Waals surface area contributed by atoms with Gasteiger partial charge in [0, 0.05) is 31.8 Å². The van der Waals surface area contributed by atoms with Crippen LogP contribution in [0.2, 0.25) is 0 Å². The van der Waals surface area contributed by atoms with Crippen molar-refractivity contribution >= 4 is 11.9 Å². The molecule has 0 radical (unpaired) electrons. The van der Waals surface area contributed by atoms with Crippen molar-refractivity contribution in [3.63, 3.8) is 0 Å². The van der Waals surface area contributed by atoms with Gasteiger partial charge in [-0.2, -0.15) is 5.10 Å². The monoisotopic (exact) mass is 425 g/mol. The molecule has 0 bridgehead atoms. The highest BCUT2D eigenvalue weighted by Gasteiger charge is 2.22. The number of aromatic nitrogens is 2. The molecule has 2 aromatic carbocycles. The molecule has 0 aliphatic heterocycles. The van der Waals surface area contributed by atoms with E-state index in [4.69, 9.17) is 4.74 Å². The number of hydrogen-bond donors (Lipinski definition) is 0. The number of carbonyl (C=O) groups is 2. The van der Waals surface area contributed by atoms with Crippen molar-refractivity contribution in [2.45, 2.75) is 12.8 Å². The van der Waals surface area contributed by atoms with Crippen molar-refractivity contribution in [2.75, 3.05) is 27.8 Å². The first-order valence-electron chi connectivity index (χ1n) is 9.75. The van der Waals surface area contributed by atoms with E-state index in [9.17, 15) is 14.0 Å². The Bertz CT molecular complexity index is 1060. The van der Waals surface area contributed by atoms with E-state index in [-0.39, 0.29) is 24.1 Å². The smallest absolute Gasteiger partial charge is 0.305 e. The zero-order valence-corrected chi connectivity index (χ0v) is 17.7. The Morgan fingerprint density at radius 1 is 1.13 bits per heavy atom. The summed E-state index contributed by atoms with van der Waals surface area (Å²) in [6.07, 6.45) is 2.34. The van der Waals surface area contributed by atoms with Crippen LogP contribution in [0.4, 0.5) is 4.39 Å². The van der Waals surface area contributed by atoms with E-state index in [2.05, 4.69) is 9.84 Å². The molecule has 3 aromatic rings. The molecule has 3 rings (SSSR count). The lowest BCUT2D eigenvalue weighted by atomic mass is 10.1. The number of esters is 1. The van der Waals surface area contributed by atoms with Crippen LogP contribution in [0.1, 0.15) is 23.2 Å². The van der Waals surface area contributed by atoms with Gasteiger partial charge in [0.1, 0.15) is 17.3 Å². The minimum absolute atomic E-state index is 0.228. The van der Waals surface area contributed by atoms with Crippen LogP contribution in [0.5, 0.6) is 5.75 Å². The Balaban J connectivity index is 1.95. The van der Waals surface area contributed by atoms with Gasteiger partial charge in [-0.3, -0.25) is 9.59 Å². The van der Waals surface area contributed by atoms with Crippen molar-refractivity contribution in [3.05, 3.63) is 66.1 Å². The van der Waals surface area contributed by atoms with Gasteiger partial charge in [-0.05, 0) is 42.8 Å². The van der Waals surface area contributed by atoms with Crippen LogP contribution in [-0.2, 0) is 9.53 Å². The predicted octanol–water partition coefficient (Wildman–Crippen LogP) is 3.71. The van der Waals surface area contributed by atoms with Crippen LogP contribution in [0.25, 0.3) is 16.9 Å². The number of carbonyl (C=O) groups excluding carboxylic acids is 2. The molecule has 0 aliphatic rings. The molecule has 0 saturated heterocycles. The Hall–Kier alpha value is -3.68. The zero-order valence-electron chi connectivity index (χ0n) is 17.7. The zero-order chi connectivity index (χ0) is 22.4. The molecule has 0 aliphatic carbocycles. The van der Waals surface area contributed by atoms with Gasteiger partial charge in [-0.25, -0.2) is 9.07 Å². The molecule has 7 nitrogen and oxygen atoms in total. The lowest BCUT2D eigenvalue weighted by molar-refractivity contribution is -0.140. The van der Waals surface area contributed by atoms with Gasteiger partial charge in [-0.1, -0.05) is 12.1 Å². The summed E-state index contributed by atoms with van der Waals surface area (Å²) in [7, 11) is 4.57. The van der Waals surface area contributed by atoms with Crippen molar-refractivity contribution in [3.8, 4) is 22.7 Å². The number of rotatable bonds is 8. The molecule has 8 heteroatoms. The molecule has 0 N–H and O–H groups in total. The number of ether oxygens (including phenoxy) is 2. The van der Waals surface area contributed by atoms with E-state index in [1.165, 1.54) is 19.2 Å². The van der Waals surface area contributed by atoms with Crippen LogP contribution in [0.15, 0.2) is 54.7 Å². The summed E-state index contributed by atoms with van der Waals surface area (Å²) in [6, 6.07) is 13.1. The summed E-state index contributed by atoms with van der Waals surface area (Å²) < 4.78 is 24.8. The second kappa shape index (κ2) is 9.88. The summed E-state index contributed by atoms with van der Waals surface area (Å²) in [5.41, 5.74) is 2.20. The standard InChI is InChI=1S/C23H24FN3O4/c1-26(13-5-8-21(28)31-3)23(29)20-15-27(18-11-9-17(24)10-12-18)25-22(20)16-6-4-7-19(14-16)30-2/h4,6-7,9-12,14-15H,5,8,13H2,1-3H3. The maximum absolute atomic E-state index is 13.3. The maximum Gasteiger partial charge on any atom is 0.305 e. The topological polar surface area (TPSA) is 73.7 Å². The number of methoxy groups -OCH3 is 2. The molecular weight excluding hydrogens is 401 g/mol. The molecule has 1 amide bonds. The van der Waals surface area contributed by atoms with Gasteiger partial charge in [0.25, 0.3) is 5.91 Å². The van der Waals surface area contributed by atoms with Crippen molar-refractivity contribution in [1.29, 1.82) is 0 Å². The molecule has 31 heavy (non-hydrogen) atoms. The Morgan fingerprint density at radius 3 is 2.55 bits per heavy atom. The van der Waals surface area contributed by atoms with Crippen LogP contribution >= 0.6 is 0 Å². The van der Waals surface area contributed by atoms with Crippen LogP contribution in [0, 0.1) is 5.82 Å². The summed E-state index contributed by atoms with van der Waals surface area (Å²) in [5, 5.41) is 4.60. The van der Waals surface area contributed by atoms with Gasteiger partial charge < -0.3 is 14.4 Å². The first-order valence-corrected chi connectivity index (χ1v) is 9.75. The molecule has 0 spiro atoms.